The van der Waals surface area contributed by atoms with Crippen LogP contribution < -0.4 is 5.73 Å². The first-order valence-electron chi connectivity index (χ1n) is 3.78. The molecule has 0 unspecified atom stereocenters. The van der Waals surface area contributed by atoms with Gasteiger partial charge in [-0.25, -0.2) is 0 Å². The van der Waals surface area contributed by atoms with Crippen LogP contribution in [0, 0.1) is 0 Å². The molecule has 1 aliphatic heterocycles. The maximum Gasteiger partial charge on any atom is 0.0435 e. The summed E-state index contributed by atoms with van der Waals surface area (Å²) in [6.07, 6.45) is 0. The van der Waals surface area contributed by atoms with Crippen molar-refractivity contribution in [3.63, 3.8) is 0 Å². The number of hydrogen-bond acceptors (Lipinski definition) is 3. The smallest absolute Gasteiger partial charge is 0.0435 e. The summed E-state index contributed by atoms with van der Waals surface area (Å²) in [4.78, 5) is 3.70. The van der Waals surface area contributed by atoms with E-state index in [0.717, 1.165) is 13.1 Å². The van der Waals surface area contributed by atoms with Crippen LogP contribution in [-0.4, -0.2) is 18.5 Å². The number of rotatable bonds is 0. The number of nitrogens with zero attached hydrogens (tertiary/aromatic N) is 1. The highest BCUT2D eigenvalue weighted by atomic mass is 32.1. The van der Waals surface area contributed by atoms with E-state index in [1.807, 2.05) is 11.3 Å². The van der Waals surface area contributed by atoms with Crippen LogP contribution in [0.15, 0.2) is 11.4 Å². The van der Waals surface area contributed by atoms with Gasteiger partial charge in [-0.1, -0.05) is 0 Å². The van der Waals surface area contributed by atoms with Crippen LogP contribution >= 0.6 is 11.3 Å². The molecule has 60 valence electrons. The van der Waals surface area contributed by atoms with Gasteiger partial charge >= 0.3 is 0 Å². The fourth-order valence-electron chi connectivity index (χ4n) is 1.55. The summed E-state index contributed by atoms with van der Waals surface area (Å²) in [5.41, 5.74) is 7.30. The molecule has 0 saturated carbocycles. The minimum Gasteiger partial charge on any atom is -0.323 e. The topological polar surface area (TPSA) is 29.3 Å². The van der Waals surface area contributed by atoms with Crippen molar-refractivity contribution in [2.45, 2.75) is 12.6 Å². The molecule has 0 bridgehead atoms. The highest BCUT2D eigenvalue weighted by Gasteiger charge is 2.20. The Labute approximate surface area is 70.6 Å². The predicted octanol–water partition coefficient (Wildman–Crippen LogP) is 1.19. The summed E-state index contributed by atoms with van der Waals surface area (Å²) < 4.78 is 0. The molecular formula is C8H12N2S. The molecule has 1 aromatic heterocycles. The lowest BCUT2D eigenvalue weighted by Crippen LogP contribution is -2.33. The van der Waals surface area contributed by atoms with Crippen LogP contribution in [0.5, 0.6) is 0 Å². The second-order valence-corrected chi connectivity index (χ2v) is 4.10. The molecule has 1 aliphatic rings. The molecule has 2 nitrogen and oxygen atoms in total. The lowest BCUT2D eigenvalue weighted by Gasteiger charge is -2.27. The van der Waals surface area contributed by atoms with E-state index < -0.39 is 0 Å². The van der Waals surface area contributed by atoms with Crippen molar-refractivity contribution in [1.82, 2.24) is 4.90 Å². The first-order chi connectivity index (χ1) is 5.27. The van der Waals surface area contributed by atoms with E-state index >= 15 is 0 Å². The Hall–Kier alpha value is -0.380. The lowest BCUT2D eigenvalue weighted by molar-refractivity contribution is 0.287. The average molecular weight is 168 g/mol. The summed E-state index contributed by atoms with van der Waals surface area (Å²) in [5, 5.41) is 2.13. The zero-order valence-corrected chi connectivity index (χ0v) is 7.40. The minimum absolute atomic E-state index is 0.231. The van der Waals surface area contributed by atoms with E-state index in [4.69, 9.17) is 5.73 Å². The summed E-state index contributed by atoms with van der Waals surface area (Å²) >= 11 is 1.81. The number of thiophene rings is 1. The molecule has 2 N–H and O–H groups in total. The molecule has 11 heavy (non-hydrogen) atoms. The van der Waals surface area contributed by atoms with E-state index in [0.29, 0.717) is 0 Å². The Morgan fingerprint density at radius 2 is 2.55 bits per heavy atom. The van der Waals surface area contributed by atoms with Gasteiger partial charge in [-0.05, 0) is 24.1 Å². The Balaban J connectivity index is 2.36. The maximum atomic E-state index is 5.95. The fourth-order valence-corrected chi connectivity index (χ4v) is 2.58. The summed E-state index contributed by atoms with van der Waals surface area (Å²) in [6, 6.07) is 2.38. The molecule has 0 aliphatic carbocycles. The largest absolute Gasteiger partial charge is 0.323 e. The highest BCUT2D eigenvalue weighted by Crippen LogP contribution is 2.27. The van der Waals surface area contributed by atoms with Gasteiger partial charge in [0.25, 0.3) is 0 Å². The lowest BCUT2D eigenvalue weighted by atomic mass is 10.1. The van der Waals surface area contributed by atoms with Crippen molar-refractivity contribution >= 4 is 11.3 Å². The molecule has 0 saturated heterocycles. The van der Waals surface area contributed by atoms with Gasteiger partial charge in [0, 0.05) is 24.0 Å². The van der Waals surface area contributed by atoms with Gasteiger partial charge in [0.1, 0.15) is 0 Å². The predicted molar refractivity (Wildman–Crippen MR) is 47.6 cm³/mol. The van der Waals surface area contributed by atoms with E-state index in [1.165, 1.54) is 10.4 Å². The second-order valence-electron chi connectivity index (χ2n) is 3.10. The van der Waals surface area contributed by atoms with Crippen molar-refractivity contribution in [1.29, 1.82) is 0 Å². The Bertz CT molecular complexity index is 256. The zero-order chi connectivity index (χ0) is 7.84. The van der Waals surface area contributed by atoms with Crippen molar-refractivity contribution < 1.29 is 0 Å². The SMILES string of the molecule is CN1Cc2sccc2[C@@H](N)C1. The van der Waals surface area contributed by atoms with Crippen LogP contribution in [-0.2, 0) is 6.54 Å². The third kappa shape index (κ3) is 1.20. The average Bonchev–Trinajstić information content (AvgIpc) is 2.34. The molecule has 0 amide bonds. The van der Waals surface area contributed by atoms with Gasteiger partial charge in [-0.15, -0.1) is 11.3 Å². The van der Waals surface area contributed by atoms with Crippen molar-refractivity contribution in [3.8, 4) is 0 Å². The van der Waals surface area contributed by atoms with E-state index in [-0.39, 0.29) is 6.04 Å². The minimum atomic E-state index is 0.231. The number of likely N-dealkylation sites (N-methyl/N-ethyl adjacent to an activating group) is 1. The van der Waals surface area contributed by atoms with Crippen LogP contribution in [0.1, 0.15) is 16.5 Å². The first-order valence-corrected chi connectivity index (χ1v) is 4.65. The Kier molecular flexibility index (Phi) is 1.71. The first kappa shape index (κ1) is 7.28. The molecule has 0 aromatic carbocycles. The Morgan fingerprint density at radius 3 is 3.36 bits per heavy atom. The van der Waals surface area contributed by atoms with Gasteiger partial charge in [0.05, 0.1) is 0 Å². The van der Waals surface area contributed by atoms with E-state index in [9.17, 15) is 0 Å². The Morgan fingerprint density at radius 1 is 1.73 bits per heavy atom. The molecule has 2 heterocycles. The summed E-state index contributed by atoms with van der Waals surface area (Å²) in [6.45, 7) is 2.06. The van der Waals surface area contributed by atoms with Crippen molar-refractivity contribution in [2.24, 2.45) is 5.73 Å². The van der Waals surface area contributed by atoms with Crippen LogP contribution in [0.4, 0.5) is 0 Å². The van der Waals surface area contributed by atoms with Crippen molar-refractivity contribution in [2.75, 3.05) is 13.6 Å². The van der Waals surface area contributed by atoms with E-state index in [2.05, 4.69) is 23.4 Å². The molecule has 0 fully saturated rings. The summed E-state index contributed by atoms with van der Waals surface area (Å²) in [7, 11) is 2.11. The maximum absolute atomic E-state index is 5.95. The molecule has 3 heteroatoms. The summed E-state index contributed by atoms with van der Waals surface area (Å²) in [5.74, 6) is 0. The van der Waals surface area contributed by atoms with Gasteiger partial charge in [0.15, 0.2) is 0 Å². The van der Waals surface area contributed by atoms with Crippen LogP contribution in [0.3, 0.4) is 0 Å². The van der Waals surface area contributed by atoms with E-state index in [1.54, 1.807) is 0 Å². The zero-order valence-electron chi connectivity index (χ0n) is 6.58. The van der Waals surface area contributed by atoms with Gasteiger partial charge in [-0.2, -0.15) is 0 Å². The molecular weight excluding hydrogens is 156 g/mol. The third-order valence-corrected chi connectivity index (χ3v) is 3.02. The number of hydrogen-bond donors (Lipinski definition) is 1. The quantitative estimate of drug-likeness (QED) is 0.630. The van der Waals surface area contributed by atoms with Gasteiger partial charge in [-0.3, -0.25) is 4.90 Å². The van der Waals surface area contributed by atoms with Crippen LogP contribution in [0.2, 0.25) is 0 Å². The third-order valence-electron chi connectivity index (χ3n) is 2.10. The molecule has 2 rings (SSSR count). The molecule has 1 atom stereocenters. The standard InChI is InChI=1S/C8H12N2S/c1-10-4-7(9)6-2-3-11-8(6)5-10/h2-3,7H,4-5,9H2,1H3/t7-/m0/s1. The molecule has 1 aromatic rings. The molecule has 0 spiro atoms. The number of nitrogens with two attached hydrogens (primary N) is 1. The monoisotopic (exact) mass is 168 g/mol. The highest BCUT2D eigenvalue weighted by molar-refractivity contribution is 7.10. The normalized spacial score (nSPS) is 25.1. The molecule has 0 radical (unpaired) electrons. The van der Waals surface area contributed by atoms with Gasteiger partial charge < -0.3 is 5.73 Å². The van der Waals surface area contributed by atoms with Gasteiger partial charge in [0.2, 0.25) is 0 Å². The number of fused-ring (bicyclic) bond motifs is 1. The second kappa shape index (κ2) is 2.59. The fraction of sp³-hybridized carbons (Fsp3) is 0.500. The van der Waals surface area contributed by atoms with Crippen LogP contribution in [0.25, 0.3) is 0 Å². The van der Waals surface area contributed by atoms with Crippen molar-refractivity contribution in [3.05, 3.63) is 21.9 Å².